The lowest BCUT2D eigenvalue weighted by Gasteiger charge is -2.30. The van der Waals surface area contributed by atoms with Gasteiger partial charge in [0, 0.05) is 42.2 Å². The zero-order valence-corrected chi connectivity index (χ0v) is 24.0. The first-order valence-corrected chi connectivity index (χ1v) is 15.0. The number of hydrogen-bond donors (Lipinski definition) is 0. The quantitative estimate of drug-likeness (QED) is 0.213. The third-order valence-electron chi connectivity index (χ3n) is 8.51. The van der Waals surface area contributed by atoms with Gasteiger partial charge in [0.2, 0.25) is 0 Å². The lowest BCUT2D eigenvalue weighted by atomic mass is 9.86. The molecule has 1 heterocycles. The maximum Gasteiger partial charge on any atom is 0.0540 e. The van der Waals surface area contributed by atoms with Crippen molar-refractivity contribution in [2.24, 2.45) is 0 Å². The predicted molar refractivity (Wildman–Crippen MR) is 179 cm³/mol. The Morgan fingerprint density at radius 1 is 0.585 bits per heavy atom. The fourth-order valence-corrected chi connectivity index (χ4v) is 7.48. The van der Waals surface area contributed by atoms with Gasteiger partial charge in [-0.25, -0.2) is 0 Å². The standard InChI is InChI=1S/C39H29NS/c1-39(2)23-22-27-18-20-29(25-34(27)39)40(36-16-9-11-26-10-3-4-12-30(26)36)35-15-7-5-13-31(35)28-19-21-38-33(24-28)32-14-6-8-17-37(32)41-38/h3-25H,1-2H3. The van der Waals surface area contributed by atoms with E-state index < -0.39 is 0 Å². The van der Waals surface area contributed by atoms with Gasteiger partial charge in [-0.1, -0.05) is 111 Å². The van der Waals surface area contributed by atoms with E-state index in [1.54, 1.807) is 0 Å². The summed E-state index contributed by atoms with van der Waals surface area (Å²) in [6, 6.07) is 46.8. The largest absolute Gasteiger partial charge is 0.309 e. The summed E-state index contributed by atoms with van der Waals surface area (Å²) in [7, 11) is 0. The minimum absolute atomic E-state index is 0.000326. The van der Waals surface area contributed by atoms with Crippen LogP contribution < -0.4 is 4.90 Å². The van der Waals surface area contributed by atoms with E-state index in [1.165, 1.54) is 70.3 Å². The van der Waals surface area contributed by atoms with Crippen LogP contribution in [-0.4, -0.2) is 0 Å². The van der Waals surface area contributed by atoms with Crippen molar-refractivity contribution in [2.75, 3.05) is 4.90 Å². The van der Waals surface area contributed by atoms with Crippen LogP contribution >= 0.6 is 11.3 Å². The van der Waals surface area contributed by atoms with Crippen molar-refractivity contribution in [1.29, 1.82) is 0 Å². The van der Waals surface area contributed by atoms with E-state index in [4.69, 9.17) is 0 Å². The fraction of sp³-hybridized carbons (Fsp3) is 0.0769. The molecule has 6 aromatic carbocycles. The number of nitrogens with zero attached hydrogens (tertiary/aromatic N) is 1. The summed E-state index contributed by atoms with van der Waals surface area (Å²) < 4.78 is 2.66. The third-order valence-corrected chi connectivity index (χ3v) is 9.66. The molecule has 1 aliphatic carbocycles. The van der Waals surface area contributed by atoms with Crippen molar-refractivity contribution in [3.8, 4) is 11.1 Å². The predicted octanol–water partition coefficient (Wildman–Crippen LogP) is 11.6. The number of para-hydroxylation sites is 1. The van der Waals surface area contributed by atoms with E-state index in [2.05, 4.69) is 158 Å². The fourth-order valence-electron chi connectivity index (χ4n) is 6.39. The van der Waals surface area contributed by atoms with Crippen molar-refractivity contribution >= 4 is 65.4 Å². The van der Waals surface area contributed by atoms with Crippen LogP contribution in [0.1, 0.15) is 25.0 Å². The lowest BCUT2D eigenvalue weighted by molar-refractivity contribution is 0.683. The van der Waals surface area contributed by atoms with Crippen LogP contribution in [0.2, 0.25) is 0 Å². The van der Waals surface area contributed by atoms with E-state index in [1.807, 2.05) is 11.3 Å². The molecule has 8 rings (SSSR count). The Bertz CT molecular complexity index is 2140. The number of rotatable bonds is 4. The molecule has 7 aromatic rings. The molecular formula is C39H29NS. The number of hydrogen-bond acceptors (Lipinski definition) is 2. The normalized spacial score (nSPS) is 13.7. The van der Waals surface area contributed by atoms with Crippen LogP contribution in [-0.2, 0) is 5.41 Å². The van der Waals surface area contributed by atoms with Crippen LogP contribution in [0.25, 0.3) is 48.1 Å². The average Bonchev–Trinajstić information content (AvgIpc) is 3.53. The second kappa shape index (κ2) is 9.19. The zero-order chi connectivity index (χ0) is 27.6. The van der Waals surface area contributed by atoms with Gasteiger partial charge < -0.3 is 4.90 Å². The van der Waals surface area contributed by atoms with E-state index in [-0.39, 0.29) is 5.41 Å². The molecule has 0 bridgehead atoms. The van der Waals surface area contributed by atoms with Crippen LogP contribution in [0.5, 0.6) is 0 Å². The molecular weight excluding hydrogens is 515 g/mol. The van der Waals surface area contributed by atoms with Crippen molar-refractivity contribution in [3.05, 3.63) is 145 Å². The first-order valence-electron chi connectivity index (χ1n) is 14.2. The Labute approximate surface area is 244 Å². The van der Waals surface area contributed by atoms with Crippen LogP contribution in [0.15, 0.2) is 133 Å². The lowest BCUT2D eigenvalue weighted by Crippen LogP contribution is -2.15. The second-order valence-corrected chi connectivity index (χ2v) is 12.6. The number of fused-ring (bicyclic) bond motifs is 5. The molecule has 1 nitrogen and oxygen atoms in total. The number of thiophene rings is 1. The van der Waals surface area contributed by atoms with E-state index >= 15 is 0 Å². The summed E-state index contributed by atoms with van der Waals surface area (Å²) >= 11 is 1.87. The number of anilines is 3. The van der Waals surface area contributed by atoms with Crippen molar-refractivity contribution in [1.82, 2.24) is 0 Å². The number of allylic oxidation sites excluding steroid dienone is 1. The van der Waals surface area contributed by atoms with Crippen LogP contribution in [0.4, 0.5) is 17.1 Å². The molecule has 0 saturated carbocycles. The molecule has 0 amide bonds. The van der Waals surface area contributed by atoms with Gasteiger partial charge >= 0.3 is 0 Å². The molecule has 0 aliphatic heterocycles. The van der Waals surface area contributed by atoms with Gasteiger partial charge in [0.1, 0.15) is 0 Å². The maximum atomic E-state index is 2.46. The Morgan fingerprint density at radius 2 is 1.32 bits per heavy atom. The second-order valence-electron chi connectivity index (χ2n) is 11.5. The molecule has 41 heavy (non-hydrogen) atoms. The van der Waals surface area contributed by atoms with Crippen molar-refractivity contribution < 1.29 is 0 Å². The summed E-state index contributed by atoms with van der Waals surface area (Å²) in [4.78, 5) is 2.46. The molecule has 0 N–H and O–H groups in total. The molecule has 0 saturated heterocycles. The molecule has 1 aliphatic rings. The van der Waals surface area contributed by atoms with Gasteiger partial charge in [0.05, 0.1) is 11.4 Å². The molecule has 0 atom stereocenters. The minimum atomic E-state index is 0.000326. The minimum Gasteiger partial charge on any atom is -0.309 e. The maximum absolute atomic E-state index is 2.46. The van der Waals surface area contributed by atoms with E-state index in [9.17, 15) is 0 Å². The van der Waals surface area contributed by atoms with Crippen molar-refractivity contribution in [2.45, 2.75) is 19.3 Å². The van der Waals surface area contributed by atoms with Gasteiger partial charge in [-0.3, -0.25) is 0 Å². The first kappa shape index (κ1) is 24.2. The Hall–Kier alpha value is -4.66. The van der Waals surface area contributed by atoms with Gasteiger partial charge in [0.25, 0.3) is 0 Å². The van der Waals surface area contributed by atoms with Crippen molar-refractivity contribution in [3.63, 3.8) is 0 Å². The van der Waals surface area contributed by atoms with Gasteiger partial charge in [-0.05, 0) is 64.5 Å². The average molecular weight is 544 g/mol. The summed E-state index contributed by atoms with van der Waals surface area (Å²) in [5.41, 5.74) is 8.64. The third kappa shape index (κ3) is 3.90. The molecule has 1 aromatic heterocycles. The topological polar surface area (TPSA) is 3.24 Å². The van der Waals surface area contributed by atoms with Gasteiger partial charge in [-0.15, -0.1) is 11.3 Å². The summed E-state index contributed by atoms with van der Waals surface area (Å²) in [5, 5.41) is 5.12. The highest BCUT2D eigenvalue weighted by Gasteiger charge is 2.27. The summed E-state index contributed by atoms with van der Waals surface area (Å²) in [6.45, 7) is 4.60. The van der Waals surface area contributed by atoms with E-state index in [0.717, 1.165) is 0 Å². The highest BCUT2D eigenvalue weighted by molar-refractivity contribution is 7.25. The Morgan fingerprint density at radius 3 is 2.24 bits per heavy atom. The SMILES string of the molecule is CC1(C)C=Cc2ccc(N(c3ccccc3-c3ccc4sc5ccccc5c4c3)c3cccc4ccccc34)cc21. The smallest absolute Gasteiger partial charge is 0.0540 e. The molecule has 196 valence electrons. The Kier molecular flexibility index (Phi) is 5.42. The highest BCUT2D eigenvalue weighted by Crippen LogP contribution is 2.46. The summed E-state index contributed by atoms with van der Waals surface area (Å²) in [6.07, 6.45) is 4.58. The molecule has 0 unspecified atom stereocenters. The first-order chi connectivity index (χ1) is 20.1. The van der Waals surface area contributed by atoms with Gasteiger partial charge in [0.15, 0.2) is 0 Å². The van der Waals surface area contributed by atoms with E-state index in [0.29, 0.717) is 0 Å². The van der Waals surface area contributed by atoms with Gasteiger partial charge in [-0.2, -0.15) is 0 Å². The molecule has 0 spiro atoms. The van der Waals surface area contributed by atoms with Crippen LogP contribution in [0, 0.1) is 0 Å². The molecule has 2 heteroatoms. The number of benzene rings is 6. The monoisotopic (exact) mass is 543 g/mol. The molecule has 0 fully saturated rings. The molecule has 0 radical (unpaired) electrons. The highest BCUT2D eigenvalue weighted by atomic mass is 32.1. The summed E-state index contributed by atoms with van der Waals surface area (Å²) in [5.74, 6) is 0. The van der Waals surface area contributed by atoms with Crippen LogP contribution in [0.3, 0.4) is 0 Å². The zero-order valence-electron chi connectivity index (χ0n) is 23.1. The Balaban J connectivity index is 1.39.